The molecule has 0 nitrogen and oxygen atoms in total. The second kappa shape index (κ2) is 6.58. The van der Waals surface area contributed by atoms with E-state index >= 15 is 0 Å². The molecule has 0 fully saturated rings. The van der Waals surface area contributed by atoms with Crippen molar-refractivity contribution < 1.29 is 0 Å². The van der Waals surface area contributed by atoms with Crippen molar-refractivity contribution in [2.45, 2.75) is 25.2 Å². The highest BCUT2D eigenvalue weighted by Gasteiger charge is 2.06. The van der Waals surface area contributed by atoms with Gasteiger partial charge in [-0.25, -0.2) is 0 Å². The Hall–Kier alpha value is -2.08. The molecule has 0 saturated carbocycles. The van der Waals surface area contributed by atoms with Gasteiger partial charge in [0.05, 0.1) is 0 Å². The molecule has 0 aromatic heterocycles. The van der Waals surface area contributed by atoms with Crippen molar-refractivity contribution in [1.29, 1.82) is 0 Å². The highest BCUT2D eigenvalue weighted by Crippen LogP contribution is 2.25. The lowest BCUT2D eigenvalue weighted by atomic mass is 9.92. The Balaban J connectivity index is 1.62. The first kappa shape index (κ1) is 13.9. The maximum atomic E-state index is 4.35. The van der Waals surface area contributed by atoms with Gasteiger partial charge in [0.15, 0.2) is 0 Å². The van der Waals surface area contributed by atoms with Crippen LogP contribution in [0, 0.1) is 6.92 Å². The van der Waals surface area contributed by atoms with Crippen LogP contribution in [0.15, 0.2) is 72.8 Å². The van der Waals surface area contributed by atoms with Gasteiger partial charge in [-0.05, 0) is 54.0 Å². The number of rotatable bonds is 5. The lowest BCUT2D eigenvalue weighted by Crippen LogP contribution is -1.96. The summed E-state index contributed by atoms with van der Waals surface area (Å²) in [5.41, 5.74) is 2.77. The third kappa shape index (κ3) is 3.52. The molecular weight excluding hydrogens is 252 g/mol. The molecule has 0 amide bonds. The fourth-order valence-corrected chi connectivity index (χ4v) is 2.83. The molecule has 0 aliphatic rings. The van der Waals surface area contributed by atoms with E-state index in [4.69, 9.17) is 0 Å². The summed E-state index contributed by atoms with van der Waals surface area (Å²) in [4.78, 5) is 0. The van der Waals surface area contributed by atoms with Crippen molar-refractivity contribution in [3.63, 3.8) is 0 Å². The van der Waals surface area contributed by atoms with Gasteiger partial charge in [-0.2, -0.15) is 0 Å². The van der Waals surface area contributed by atoms with Gasteiger partial charge in [0, 0.05) is 0 Å². The Labute approximate surface area is 127 Å². The monoisotopic (exact) mass is 273 g/mol. The van der Waals surface area contributed by atoms with Gasteiger partial charge in [0.1, 0.15) is 0 Å². The summed E-state index contributed by atoms with van der Waals surface area (Å²) in [6, 6.07) is 25.9. The standard InChI is InChI=1S/C21H21/c1-17(8-7-11-18-9-3-2-4-10-18)20-15-14-19-12-5-6-13-21(19)16-20/h2-6,9-10,12-17H,1,7-8,11H2. The second-order valence-electron chi connectivity index (χ2n) is 5.68. The molecule has 0 bridgehead atoms. The van der Waals surface area contributed by atoms with E-state index in [1.807, 2.05) is 0 Å². The molecule has 3 aromatic rings. The summed E-state index contributed by atoms with van der Waals surface area (Å²) in [7, 11) is 0. The maximum absolute atomic E-state index is 4.35. The molecule has 3 rings (SSSR count). The molecule has 1 unspecified atom stereocenters. The van der Waals surface area contributed by atoms with E-state index in [1.165, 1.54) is 28.3 Å². The van der Waals surface area contributed by atoms with Crippen molar-refractivity contribution in [2.75, 3.05) is 0 Å². The number of hydrogen-bond acceptors (Lipinski definition) is 0. The molecule has 0 aliphatic heterocycles. The Morgan fingerprint density at radius 1 is 0.762 bits per heavy atom. The maximum Gasteiger partial charge on any atom is -0.0161 e. The van der Waals surface area contributed by atoms with Crippen molar-refractivity contribution in [3.8, 4) is 0 Å². The molecule has 0 aliphatic carbocycles. The van der Waals surface area contributed by atoms with Crippen molar-refractivity contribution >= 4 is 10.8 Å². The number of fused-ring (bicyclic) bond motifs is 1. The van der Waals surface area contributed by atoms with Crippen LogP contribution >= 0.6 is 0 Å². The van der Waals surface area contributed by atoms with E-state index in [0.717, 1.165) is 12.8 Å². The van der Waals surface area contributed by atoms with E-state index in [1.54, 1.807) is 0 Å². The molecule has 0 heteroatoms. The van der Waals surface area contributed by atoms with Crippen LogP contribution < -0.4 is 0 Å². The Morgan fingerprint density at radius 3 is 2.29 bits per heavy atom. The molecule has 3 aromatic carbocycles. The third-order valence-electron chi connectivity index (χ3n) is 4.11. The number of aryl methyl sites for hydroxylation is 1. The minimum atomic E-state index is 0.373. The van der Waals surface area contributed by atoms with Crippen LogP contribution in [0.3, 0.4) is 0 Å². The molecule has 21 heavy (non-hydrogen) atoms. The van der Waals surface area contributed by atoms with Crippen LogP contribution in [0.25, 0.3) is 10.8 Å². The van der Waals surface area contributed by atoms with E-state index in [0.29, 0.717) is 5.92 Å². The summed E-state index contributed by atoms with van der Waals surface area (Å²) >= 11 is 0. The first-order chi connectivity index (χ1) is 10.3. The lowest BCUT2D eigenvalue weighted by Gasteiger charge is -2.12. The van der Waals surface area contributed by atoms with Crippen molar-refractivity contribution in [3.05, 3.63) is 90.8 Å². The molecule has 0 heterocycles. The molecule has 0 N–H and O–H groups in total. The fraction of sp³-hybridized carbons (Fsp3) is 0.190. The topological polar surface area (TPSA) is 0 Å². The molecule has 1 radical (unpaired) electrons. The summed E-state index contributed by atoms with van der Waals surface area (Å²) in [5.74, 6) is 0.373. The summed E-state index contributed by atoms with van der Waals surface area (Å²) in [6.45, 7) is 4.35. The predicted molar refractivity (Wildman–Crippen MR) is 91.4 cm³/mol. The largest absolute Gasteiger partial charge is 0.0622 e. The first-order valence-corrected chi connectivity index (χ1v) is 7.68. The summed E-state index contributed by atoms with van der Waals surface area (Å²) in [6.07, 6.45) is 3.46. The van der Waals surface area contributed by atoms with Gasteiger partial charge in [0.2, 0.25) is 0 Å². The Kier molecular flexibility index (Phi) is 4.35. The zero-order valence-corrected chi connectivity index (χ0v) is 12.3. The number of benzene rings is 3. The molecule has 0 saturated heterocycles. The highest BCUT2D eigenvalue weighted by atomic mass is 14.1. The summed E-state index contributed by atoms with van der Waals surface area (Å²) in [5, 5.41) is 2.62. The van der Waals surface area contributed by atoms with Crippen molar-refractivity contribution in [2.24, 2.45) is 0 Å². The minimum Gasteiger partial charge on any atom is -0.0622 e. The van der Waals surface area contributed by atoms with E-state index in [2.05, 4.69) is 79.7 Å². The van der Waals surface area contributed by atoms with Gasteiger partial charge in [0.25, 0.3) is 0 Å². The zero-order chi connectivity index (χ0) is 14.5. The highest BCUT2D eigenvalue weighted by molar-refractivity contribution is 5.83. The fourth-order valence-electron chi connectivity index (χ4n) is 2.83. The SMILES string of the molecule is [CH2]C(CCCc1ccccc1)c1ccc2ccccc2c1. The normalized spacial score (nSPS) is 12.4. The van der Waals surface area contributed by atoms with Crippen LogP contribution in [-0.2, 0) is 6.42 Å². The lowest BCUT2D eigenvalue weighted by molar-refractivity contribution is 0.674. The van der Waals surface area contributed by atoms with Crippen molar-refractivity contribution in [1.82, 2.24) is 0 Å². The average molecular weight is 273 g/mol. The van der Waals surface area contributed by atoms with Crippen LogP contribution in [0.5, 0.6) is 0 Å². The van der Waals surface area contributed by atoms with E-state index in [-0.39, 0.29) is 0 Å². The molecular formula is C21H21. The van der Waals surface area contributed by atoms with Crippen LogP contribution in [0.2, 0.25) is 0 Å². The molecule has 1 atom stereocenters. The summed E-state index contributed by atoms with van der Waals surface area (Å²) < 4.78 is 0. The molecule has 0 spiro atoms. The van der Waals surface area contributed by atoms with Gasteiger partial charge < -0.3 is 0 Å². The molecule has 105 valence electrons. The van der Waals surface area contributed by atoms with E-state index < -0.39 is 0 Å². The zero-order valence-electron chi connectivity index (χ0n) is 12.3. The van der Waals surface area contributed by atoms with E-state index in [9.17, 15) is 0 Å². The van der Waals surface area contributed by atoms with Gasteiger partial charge in [-0.15, -0.1) is 0 Å². The third-order valence-corrected chi connectivity index (χ3v) is 4.11. The average Bonchev–Trinajstić information content (AvgIpc) is 2.55. The quantitative estimate of drug-likeness (QED) is 0.552. The van der Waals surface area contributed by atoms with Crippen LogP contribution in [0.1, 0.15) is 29.9 Å². The van der Waals surface area contributed by atoms with Gasteiger partial charge >= 0.3 is 0 Å². The predicted octanol–water partition coefficient (Wildman–Crippen LogP) is 5.78. The Bertz CT molecular complexity index is 697. The van der Waals surface area contributed by atoms with Gasteiger partial charge in [-0.3, -0.25) is 0 Å². The number of hydrogen-bond donors (Lipinski definition) is 0. The smallest absolute Gasteiger partial charge is 0.0161 e. The minimum absolute atomic E-state index is 0.373. The van der Waals surface area contributed by atoms with Gasteiger partial charge in [-0.1, -0.05) is 72.8 Å². The first-order valence-electron chi connectivity index (χ1n) is 7.68. The Morgan fingerprint density at radius 2 is 1.48 bits per heavy atom. The van der Waals surface area contributed by atoms with Crippen LogP contribution in [0.4, 0.5) is 0 Å². The second-order valence-corrected chi connectivity index (χ2v) is 5.68. The van der Waals surface area contributed by atoms with Crippen LogP contribution in [-0.4, -0.2) is 0 Å².